The molecule has 23 heavy (non-hydrogen) atoms. The second-order valence-electron chi connectivity index (χ2n) is 4.36. The van der Waals surface area contributed by atoms with Crippen LogP contribution in [0.25, 0.3) is 22.1 Å². The van der Waals surface area contributed by atoms with Crippen molar-refractivity contribution < 1.29 is 61.7 Å². The first kappa shape index (κ1) is 21.0. The first-order chi connectivity index (χ1) is 9.56. The van der Waals surface area contributed by atoms with Gasteiger partial charge in [0.1, 0.15) is 34.5 Å². The second kappa shape index (κ2) is 8.00. The molecule has 1 aromatic heterocycles. The van der Waals surface area contributed by atoms with E-state index in [4.69, 9.17) is 4.42 Å². The SMILES string of the molecule is O.O.O=c1c(-c2ccc(O)cc2)coc2cc(O)cc(O)c12.[H-].[Na+]. The Morgan fingerprint density at radius 1 is 0.913 bits per heavy atom. The van der Waals surface area contributed by atoms with Crippen LogP contribution in [0.3, 0.4) is 0 Å². The molecule has 0 atom stereocenters. The van der Waals surface area contributed by atoms with E-state index >= 15 is 0 Å². The van der Waals surface area contributed by atoms with Crippen molar-refractivity contribution in [2.75, 3.05) is 0 Å². The molecule has 0 spiro atoms. The maximum Gasteiger partial charge on any atom is 1.00 e. The molecule has 3 aromatic rings. The summed E-state index contributed by atoms with van der Waals surface area (Å²) in [5.41, 5.74) is 0.522. The van der Waals surface area contributed by atoms with Gasteiger partial charge in [-0.25, -0.2) is 0 Å². The molecule has 7 N–H and O–H groups in total. The summed E-state index contributed by atoms with van der Waals surface area (Å²) >= 11 is 0. The van der Waals surface area contributed by atoms with Crippen LogP contribution < -0.4 is 35.0 Å². The molecule has 0 aliphatic rings. The van der Waals surface area contributed by atoms with E-state index in [1.165, 1.54) is 24.5 Å². The van der Waals surface area contributed by atoms with E-state index in [0.29, 0.717) is 5.56 Å². The Labute approximate surface area is 153 Å². The Balaban J connectivity index is 0. The zero-order valence-corrected chi connectivity index (χ0v) is 14.2. The molecule has 0 saturated heterocycles. The minimum absolute atomic E-state index is 0. The third-order valence-electron chi connectivity index (χ3n) is 3.02. The predicted octanol–water partition coefficient (Wildman–Crippen LogP) is -1.96. The third-order valence-corrected chi connectivity index (χ3v) is 3.02. The van der Waals surface area contributed by atoms with Crippen molar-refractivity contribution in [3.63, 3.8) is 0 Å². The molecule has 0 aliphatic carbocycles. The zero-order valence-electron chi connectivity index (χ0n) is 13.2. The predicted molar refractivity (Wildman–Crippen MR) is 81.3 cm³/mol. The number of hydrogen-bond donors (Lipinski definition) is 3. The van der Waals surface area contributed by atoms with Gasteiger partial charge in [0.05, 0.1) is 5.56 Å². The molecule has 3 rings (SSSR count). The van der Waals surface area contributed by atoms with Crippen LogP contribution in [-0.4, -0.2) is 26.3 Å². The van der Waals surface area contributed by atoms with Crippen LogP contribution in [-0.2, 0) is 0 Å². The van der Waals surface area contributed by atoms with Crippen LogP contribution in [0.15, 0.2) is 51.9 Å². The first-order valence-corrected chi connectivity index (χ1v) is 5.83. The third kappa shape index (κ3) is 3.84. The number of phenols is 3. The number of fused-ring (bicyclic) bond motifs is 1. The number of hydrogen-bond acceptors (Lipinski definition) is 5. The van der Waals surface area contributed by atoms with Gasteiger partial charge in [-0.1, -0.05) is 12.1 Å². The second-order valence-corrected chi connectivity index (χ2v) is 4.36. The quantitative estimate of drug-likeness (QED) is 0.442. The molecular formula is C15H15NaO7. The van der Waals surface area contributed by atoms with E-state index < -0.39 is 5.43 Å². The van der Waals surface area contributed by atoms with Gasteiger partial charge in [0.15, 0.2) is 0 Å². The van der Waals surface area contributed by atoms with E-state index in [2.05, 4.69) is 0 Å². The molecule has 0 fully saturated rings. The van der Waals surface area contributed by atoms with Gasteiger partial charge in [-0.2, -0.15) is 0 Å². The topological polar surface area (TPSA) is 154 Å². The van der Waals surface area contributed by atoms with Gasteiger partial charge in [0, 0.05) is 12.1 Å². The summed E-state index contributed by atoms with van der Waals surface area (Å²) in [6.45, 7) is 0. The maximum atomic E-state index is 12.4. The molecule has 0 aliphatic heterocycles. The summed E-state index contributed by atoms with van der Waals surface area (Å²) in [5, 5.41) is 28.4. The largest absolute Gasteiger partial charge is 1.00 e. The van der Waals surface area contributed by atoms with Gasteiger partial charge in [0.25, 0.3) is 0 Å². The monoisotopic (exact) mass is 330 g/mol. The fourth-order valence-corrected chi connectivity index (χ4v) is 2.06. The standard InChI is InChI=1S/C15H10O5.Na.2H2O.H/c16-9-3-1-8(2-4-9)11-7-20-13-6-10(17)5-12(18)14(13)15(11)19;;;;/h1-7,16-18H;;2*1H2;/q;+1;;;-1. The number of aromatic hydroxyl groups is 3. The van der Waals surface area contributed by atoms with Gasteiger partial charge in [-0.3, -0.25) is 4.79 Å². The molecule has 2 aromatic carbocycles. The summed E-state index contributed by atoms with van der Waals surface area (Å²) in [6, 6.07) is 8.40. The molecule has 118 valence electrons. The fraction of sp³-hybridized carbons (Fsp3) is 0. The van der Waals surface area contributed by atoms with Gasteiger partial charge in [-0.15, -0.1) is 0 Å². The maximum absolute atomic E-state index is 12.4. The molecule has 0 saturated carbocycles. The summed E-state index contributed by atoms with van der Waals surface area (Å²) in [4.78, 5) is 12.4. The Morgan fingerprint density at radius 2 is 1.52 bits per heavy atom. The average molecular weight is 330 g/mol. The molecule has 0 bridgehead atoms. The Bertz CT molecular complexity index is 862. The zero-order chi connectivity index (χ0) is 14.3. The van der Waals surface area contributed by atoms with Gasteiger partial charge >= 0.3 is 29.6 Å². The normalized spacial score (nSPS) is 9.39. The number of phenolic OH excluding ortho intramolecular Hbond substituents is 3. The molecule has 0 unspecified atom stereocenters. The average Bonchev–Trinajstić information content (AvgIpc) is 2.39. The molecule has 8 heteroatoms. The fourth-order valence-electron chi connectivity index (χ4n) is 2.06. The van der Waals surface area contributed by atoms with Gasteiger partial charge < -0.3 is 32.1 Å². The van der Waals surface area contributed by atoms with Crippen molar-refractivity contribution in [1.29, 1.82) is 0 Å². The van der Waals surface area contributed by atoms with Crippen molar-refractivity contribution in [2.45, 2.75) is 0 Å². The van der Waals surface area contributed by atoms with E-state index in [1.54, 1.807) is 12.1 Å². The van der Waals surface area contributed by atoms with Crippen LogP contribution in [0.1, 0.15) is 1.43 Å². The number of rotatable bonds is 1. The molecule has 0 amide bonds. The van der Waals surface area contributed by atoms with E-state index in [1.807, 2.05) is 0 Å². The molecule has 0 radical (unpaired) electrons. The Hall–Kier alpha value is -2.03. The van der Waals surface area contributed by atoms with Crippen molar-refractivity contribution in [3.8, 4) is 28.4 Å². The van der Waals surface area contributed by atoms with E-state index in [-0.39, 0.29) is 75.7 Å². The van der Waals surface area contributed by atoms with Crippen LogP contribution >= 0.6 is 0 Å². The van der Waals surface area contributed by atoms with Gasteiger partial charge in [-0.05, 0) is 17.7 Å². The van der Waals surface area contributed by atoms with E-state index in [0.717, 1.165) is 6.07 Å². The minimum Gasteiger partial charge on any atom is -1.00 e. The summed E-state index contributed by atoms with van der Waals surface area (Å²) in [6.07, 6.45) is 1.26. The van der Waals surface area contributed by atoms with Crippen molar-refractivity contribution in [3.05, 3.63) is 52.9 Å². The van der Waals surface area contributed by atoms with Gasteiger partial charge in [0.2, 0.25) is 5.43 Å². The van der Waals surface area contributed by atoms with Crippen LogP contribution in [0.5, 0.6) is 17.2 Å². The van der Waals surface area contributed by atoms with Crippen LogP contribution in [0.4, 0.5) is 0 Å². The summed E-state index contributed by atoms with van der Waals surface area (Å²) < 4.78 is 5.29. The van der Waals surface area contributed by atoms with Crippen molar-refractivity contribution >= 4 is 11.0 Å². The Kier molecular flexibility index (Phi) is 7.29. The van der Waals surface area contributed by atoms with Crippen LogP contribution in [0, 0.1) is 0 Å². The molecule has 1 heterocycles. The Morgan fingerprint density at radius 3 is 2.13 bits per heavy atom. The van der Waals surface area contributed by atoms with Crippen LogP contribution in [0.2, 0.25) is 0 Å². The van der Waals surface area contributed by atoms with Crippen molar-refractivity contribution in [1.82, 2.24) is 0 Å². The first-order valence-electron chi connectivity index (χ1n) is 5.83. The molecular weight excluding hydrogens is 315 g/mol. The summed E-state index contributed by atoms with van der Waals surface area (Å²) in [5.74, 6) is -0.434. The van der Waals surface area contributed by atoms with E-state index in [9.17, 15) is 20.1 Å². The molecule has 7 nitrogen and oxygen atoms in total. The summed E-state index contributed by atoms with van der Waals surface area (Å²) in [7, 11) is 0. The van der Waals surface area contributed by atoms with Crippen molar-refractivity contribution in [2.24, 2.45) is 0 Å². The minimum atomic E-state index is -0.408. The smallest absolute Gasteiger partial charge is 1.00 e. The number of benzene rings is 2.